The van der Waals surface area contributed by atoms with Gasteiger partial charge in [-0.25, -0.2) is 0 Å². The number of halogens is 1. The number of thiophene rings is 1. The standard InChI is InChI=1S/C11H9BrS/c12-11-3-1-2-9(7-11)6-10-4-5-13-8-10/h1-5,7-8H,6H2. The molecule has 0 aliphatic rings. The van der Waals surface area contributed by atoms with Gasteiger partial charge in [0.25, 0.3) is 0 Å². The molecule has 2 rings (SSSR count). The maximum absolute atomic E-state index is 3.47. The molecule has 1 aromatic carbocycles. The second-order valence-corrected chi connectivity index (χ2v) is 4.63. The lowest BCUT2D eigenvalue weighted by molar-refractivity contribution is 1.21. The summed E-state index contributed by atoms with van der Waals surface area (Å²) in [5.74, 6) is 0. The van der Waals surface area contributed by atoms with Crippen LogP contribution in [0.15, 0.2) is 45.6 Å². The van der Waals surface area contributed by atoms with Crippen LogP contribution in [0.4, 0.5) is 0 Å². The van der Waals surface area contributed by atoms with Crippen molar-refractivity contribution >= 4 is 27.3 Å². The van der Waals surface area contributed by atoms with Crippen molar-refractivity contribution in [1.82, 2.24) is 0 Å². The van der Waals surface area contributed by atoms with Crippen molar-refractivity contribution in [3.05, 3.63) is 56.7 Å². The van der Waals surface area contributed by atoms with Gasteiger partial charge in [0.2, 0.25) is 0 Å². The molecule has 0 spiro atoms. The Morgan fingerprint density at radius 1 is 1.15 bits per heavy atom. The van der Waals surface area contributed by atoms with Gasteiger partial charge < -0.3 is 0 Å². The Bertz CT molecular complexity index is 379. The van der Waals surface area contributed by atoms with Crippen molar-refractivity contribution < 1.29 is 0 Å². The first-order valence-electron chi connectivity index (χ1n) is 4.10. The van der Waals surface area contributed by atoms with Crippen LogP contribution < -0.4 is 0 Å². The predicted molar refractivity (Wildman–Crippen MR) is 61.3 cm³/mol. The Hall–Kier alpha value is -0.600. The molecular weight excluding hydrogens is 244 g/mol. The van der Waals surface area contributed by atoms with E-state index in [1.54, 1.807) is 11.3 Å². The first-order chi connectivity index (χ1) is 6.34. The lowest BCUT2D eigenvalue weighted by Gasteiger charge is -1.98. The summed E-state index contributed by atoms with van der Waals surface area (Å²) in [5, 5.41) is 4.31. The molecule has 0 bridgehead atoms. The third-order valence-electron chi connectivity index (χ3n) is 1.88. The minimum Gasteiger partial charge on any atom is -0.152 e. The molecular formula is C11H9BrS. The fourth-order valence-electron chi connectivity index (χ4n) is 1.28. The normalized spacial score (nSPS) is 10.2. The highest BCUT2D eigenvalue weighted by Crippen LogP contribution is 2.16. The lowest BCUT2D eigenvalue weighted by Crippen LogP contribution is -1.84. The topological polar surface area (TPSA) is 0 Å². The summed E-state index contributed by atoms with van der Waals surface area (Å²) in [4.78, 5) is 0. The summed E-state index contributed by atoms with van der Waals surface area (Å²) in [7, 11) is 0. The molecule has 2 aromatic rings. The molecule has 1 heterocycles. The Balaban J connectivity index is 2.19. The van der Waals surface area contributed by atoms with Gasteiger partial charge in [-0.15, -0.1) is 0 Å². The van der Waals surface area contributed by atoms with Gasteiger partial charge in [-0.05, 0) is 46.5 Å². The molecule has 0 unspecified atom stereocenters. The molecule has 0 radical (unpaired) electrons. The Morgan fingerprint density at radius 2 is 2.08 bits per heavy atom. The number of hydrogen-bond acceptors (Lipinski definition) is 1. The second kappa shape index (κ2) is 4.07. The van der Waals surface area contributed by atoms with E-state index in [2.05, 4.69) is 57.0 Å². The smallest absolute Gasteiger partial charge is 0.0178 e. The SMILES string of the molecule is Brc1cccc(Cc2ccsc2)c1. The lowest BCUT2D eigenvalue weighted by atomic mass is 10.1. The minimum absolute atomic E-state index is 1.03. The molecule has 13 heavy (non-hydrogen) atoms. The van der Waals surface area contributed by atoms with E-state index in [9.17, 15) is 0 Å². The first kappa shape index (κ1) is 8.97. The van der Waals surface area contributed by atoms with Crippen LogP contribution in [0, 0.1) is 0 Å². The summed E-state index contributed by atoms with van der Waals surface area (Å²) in [6.45, 7) is 0. The van der Waals surface area contributed by atoms with E-state index in [1.165, 1.54) is 11.1 Å². The Kier molecular flexibility index (Phi) is 2.81. The van der Waals surface area contributed by atoms with Crippen molar-refractivity contribution in [2.24, 2.45) is 0 Å². The maximum Gasteiger partial charge on any atom is 0.0178 e. The average molecular weight is 253 g/mol. The van der Waals surface area contributed by atoms with E-state index < -0.39 is 0 Å². The molecule has 0 amide bonds. The summed E-state index contributed by atoms with van der Waals surface area (Å²) < 4.78 is 1.15. The van der Waals surface area contributed by atoms with Gasteiger partial charge in [-0.3, -0.25) is 0 Å². The largest absolute Gasteiger partial charge is 0.152 e. The van der Waals surface area contributed by atoms with Crippen LogP contribution in [-0.2, 0) is 6.42 Å². The number of rotatable bonds is 2. The zero-order valence-corrected chi connectivity index (χ0v) is 9.44. The molecule has 2 heteroatoms. The zero-order valence-electron chi connectivity index (χ0n) is 7.03. The fraction of sp³-hybridized carbons (Fsp3) is 0.0909. The zero-order chi connectivity index (χ0) is 9.10. The Labute approximate surface area is 90.4 Å². The van der Waals surface area contributed by atoms with Gasteiger partial charge >= 0.3 is 0 Å². The van der Waals surface area contributed by atoms with Crippen LogP contribution in [0.25, 0.3) is 0 Å². The molecule has 0 aliphatic heterocycles. The van der Waals surface area contributed by atoms with E-state index in [4.69, 9.17) is 0 Å². The molecule has 0 nitrogen and oxygen atoms in total. The molecule has 0 fully saturated rings. The van der Waals surface area contributed by atoms with Gasteiger partial charge in [-0.2, -0.15) is 11.3 Å². The van der Waals surface area contributed by atoms with Crippen molar-refractivity contribution in [1.29, 1.82) is 0 Å². The average Bonchev–Trinajstić information content (AvgIpc) is 2.57. The third-order valence-corrected chi connectivity index (χ3v) is 3.10. The highest BCUT2D eigenvalue weighted by molar-refractivity contribution is 9.10. The predicted octanol–water partition coefficient (Wildman–Crippen LogP) is 4.10. The maximum atomic E-state index is 3.47. The fourth-order valence-corrected chi connectivity index (χ4v) is 2.39. The van der Waals surface area contributed by atoms with Crippen LogP contribution in [0.2, 0.25) is 0 Å². The van der Waals surface area contributed by atoms with E-state index in [0.717, 1.165) is 10.9 Å². The summed E-state index contributed by atoms with van der Waals surface area (Å²) in [6, 6.07) is 10.6. The summed E-state index contributed by atoms with van der Waals surface area (Å²) in [6.07, 6.45) is 1.03. The monoisotopic (exact) mass is 252 g/mol. The second-order valence-electron chi connectivity index (χ2n) is 2.94. The van der Waals surface area contributed by atoms with Gasteiger partial charge in [0.1, 0.15) is 0 Å². The number of hydrogen-bond donors (Lipinski definition) is 0. The van der Waals surface area contributed by atoms with E-state index >= 15 is 0 Å². The quantitative estimate of drug-likeness (QED) is 0.755. The molecule has 0 saturated carbocycles. The third kappa shape index (κ3) is 2.42. The van der Waals surface area contributed by atoms with E-state index in [-0.39, 0.29) is 0 Å². The van der Waals surface area contributed by atoms with Gasteiger partial charge in [0.15, 0.2) is 0 Å². The Morgan fingerprint density at radius 3 is 2.77 bits per heavy atom. The van der Waals surface area contributed by atoms with Crippen molar-refractivity contribution in [2.75, 3.05) is 0 Å². The number of benzene rings is 1. The van der Waals surface area contributed by atoms with Crippen LogP contribution in [0.3, 0.4) is 0 Å². The highest BCUT2D eigenvalue weighted by atomic mass is 79.9. The van der Waals surface area contributed by atoms with Gasteiger partial charge in [0.05, 0.1) is 0 Å². The van der Waals surface area contributed by atoms with Crippen LogP contribution in [0.5, 0.6) is 0 Å². The molecule has 0 aliphatic carbocycles. The van der Waals surface area contributed by atoms with Crippen molar-refractivity contribution in [2.45, 2.75) is 6.42 Å². The van der Waals surface area contributed by atoms with E-state index in [0.29, 0.717) is 0 Å². The molecule has 0 atom stereocenters. The van der Waals surface area contributed by atoms with Gasteiger partial charge in [-0.1, -0.05) is 28.1 Å². The molecule has 1 aromatic heterocycles. The van der Waals surface area contributed by atoms with Crippen LogP contribution in [0.1, 0.15) is 11.1 Å². The minimum atomic E-state index is 1.03. The highest BCUT2D eigenvalue weighted by Gasteiger charge is 1.96. The molecule has 0 N–H and O–H groups in total. The molecule has 66 valence electrons. The van der Waals surface area contributed by atoms with Crippen LogP contribution >= 0.6 is 27.3 Å². The van der Waals surface area contributed by atoms with Gasteiger partial charge in [0, 0.05) is 4.47 Å². The van der Waals surface area contributed by atoms with Crippen LogP contribution in [-0.4, -0.2) is 0 Å². The molecule has 0 saturated heterocycles. The van der Waals surface area contributed by atoms with E-state index in [1.807, 2.05) is 0 Å². The summed E-state index contributed by atoms with van der Waals surface area (Å²) in [5.41, 5.74) is 2.75. The van der Waals surface area contributed by atoms with Crippen molar-refractivity contribution in [3.63, 3.8) is 0 Å². The van der Waals surface area contributed by atoms with Crippen molar-refractivity contribution in [3.8, 4) is 0 Å². The summed E-state index contributed by atoms with van der Waals surface area (Å²) >= 11 is 5.22. The first-order valence-corrected chi connectivity index (χ1v) is 5.84.